The first kappa shape index (κ1) is 23.7. The quantitative estimate of drug-likeness (QED) is 0.526. The van der Waals surface area contributed by atoms with Crippen LogP contribution >= 0.6 is 0 Å². The number of rotatable bonds is 2. The molecule has 9 atom stereocenters. The maximum absolute atomic E-state index is 12.8. The van der Waals surface area contributed by atoms with Crippen LogP contribution in [0.4, 0.5) is 0 Å². The Kier molecular flexibility index (Phi) is 5.19. The molecule has 5 fully saturated rings. The van der Waals surface area contributed by atoms with Crippen LogP contribution in [-0.2, 0) is 23.8 Å². The van der Waals surface area contributed by atoms with Gasteiger partial charge in [0.05, 0.1) is 48.0 Å². The lowest BCUT2D eigenvalue weighted by Crippen LogP contribution is -2.77. The summed E-state index contributed by atoms with van der Waals surface area (Å²) in [6.07, 6.45) is 0.615. The Balaban J connectivity index is 1.59. The number of hydrogen-bond donors (Lipinski definition) is 3. The van der Waals surface area contributed by atoms with E-state index in [1.54, 1.807) is 20.8 Å². The molecule has 1 saturated heterocycles. The van der Waals surface area contributed by atoms with Gasteiger partial charge in [0.25, 0.3) is 0 Å². The van der Waals surface area contributed by atoms with Crippen molar-refractivity contribution in [1.82, 2.24) is 0 Å². The number of fused-ring (bicyclic) bond motifs is 3. The molecule has 5 rings (SSSR count). The summed E-state index contributed by atoms with van der Waals surface area (Å²) < 4.78 is 17.7. The smallest absolute Gasteiger partial charge is 0.309 e. The van der Waals surface area contributed by atoms with Crippen LogP contribution in [0.25, 0.3) is 0 Å². The topological polar surface area (TPSA) is 123 Å². The van der Waals surface area contributed by atoms with Gasteiger partial charge < -0.3 is 29.5 Å². The van der Waals surface area contributed by atoms with Crippen molar-refractivity contribution in [2.24, 2.45) is 28.6 Å². The molecule has 3 N–H and O–H groups in total. The third-order valence-electron chi connectivity index (χ3n) is 10.1. The number of carbonyl (C=O) groups excluding carboxylic acids is 2. The van der Waals surface area contributed by atoms with Crippen molar-refractivity contribution in [3.8, 4) is 0 Å². The molecule has 8 heteroatoms. The molecule has 0 radical (unpaired) electrons. The van der Waals surface area contributed by atoms with Gasteiger partial charge in [-0.05, 0) is 58.8 Å². The Morgan fingerprint density at radius 2 is 1.91 bits per heavy atom. The lowest BCUT2D eigenvalue weighted by atomic mass is 9.40. The molecule has 33 heavy (non-hydrogen) atoms. The second-order valence-electron chi connectivity index (χ2n) is 11.9. The molecule has 1 spiro atoms. The number of Topliss-reactive ketones (excluding diaryl/α,β-unsaturated/α-hetero) is 1. The lowest BCUT2D eigenvalue weighted by molar-refractivity contribution is -0.390. The van der Waals surface area contributed by atoms with E-state index in [1.165, 1.54) is 0 Å². The summed E-state index contributed by atoms with van der Waals surface area (Å²) in [4.78, 5) is 25.5. The van der Waals surface area contributed by atoms with Gasteiger partial charge in [0.1, 0.15) is 5.78 Å². The first-order valence-electron chi connectivity index (χ1n) is 12.5. The first-order chi connectivity index (χ1) is 15.3. The highest BCUT2D eigenvalue weighted by Gasteiger charge is 2.77. The monoisotopic (exact) mass is 466 g/mol. The predicted octanol–water partition coefficient (Wildman–Crippen LogP) is 1.72. The number of ketones is 1. The Morgan fingerprint density at radius 3 is 2.61 bits per heavy atom. The van der Waals surface area contributed by atoms with E-state index in [9.17, 15) is 24.9 Å². The summed E-state index contributed by atoms with van der Waals surface area (Å²) in [5, 5.41) is 35.8. The van der Waals surface area contributed by atoms with E-state index in [-0.39, 0.29) is 50.1 Å². The molecule has 0 aromatic carbocycles. The van der Waals surface area contributed by atoms with Crippen molar-refractivity contribution in [1.29, 1.82) is 0 Å². The highest BCUT2D eigenvalue weighted by atomic mass is 16.7. The minimum absolute atomic E-state index is 0.00767. The van der Waals surface area contributed by atoms with Crippen molar-refractivity contribution in [2.75, 3.05) is 13.2 Å². The van der Waals surface area contributed by atoms with Crippen LogP contribution in [0, 0.1) is 28.6 Å². The second kappa shape index (κ2) is 7.23. The molecule has 1 aliphatic heterocycles. The Bertz CT molecular complexity index is 857. The van der Waals surface area contributed by atoms with Gasteiger partial charge in [-0.2, -0.15) is 0 Å². The fraction of sp³-hybridized carbons (Fsp3) is 0.920. The molecule has 1 heterocycles. The molecule has 9 unspecified atom stereocenters. The van der Waals surface area contributed by atoms with Gasteiger partial charge in [0, 0.05) is 24.2 Å². The van der Waals surface area contributed by atoms with E-state index in [2.05, 4.69) is 0 Å². The standard InChI is InChI=1S/C25H38O8/c1-5-31-20(28)16-7-9-25(30)15-6-8-23(29)11-14(26)10-18-24(23,13-32-21(2,3)33-18)19(15)17(27)12-22(16,25)4/h15-19,27,29-30H,5-13H2,1-4H3. The Hall–Kier alpha value is -1.06. The summed E-state index contributed by atoms with van der Waals surface area (Å²) in [7, 11) is 0. The van der Waals surface area contributed by atoms with Gasteiger partial charge in [-0.1, -0.05) is 6.92 Å². The van der Waals surface area contributed by atoms with Crippen molar-refractivity contribution >= 4 is 11.8 Å². The fourth-order valence-electron chi connectivity index (χ4n) is 8.70. The average Bonchev–Trinajstić information content (AvgIpc) is 2.97. The fourth-order valence-corrected chi connectivity index (χ4v) is 8.70. The zero-order valence-electron chi connectivity index (χ0n) is 20.1. The Morgan fingerprint density at radius 1 is 1.18 bits per heavy atom. The SMILES string of the molecule is CCOC(=O)C1CCC2(O)C3CCC4(O)CC(=O)CC5OC(C)(C)OCC54C3C(O)CC12C. The molecular weight excluding hydrogens is 428 g/mol. The van der Waals surface area contributed by atoms with Crippen LogP contribution in [0.15, 0.2) is 0 Å². The van der Waals surface area contributed by atoms with Crippen LogP contribution in [0.1, 0.15) is 72.6 Å². The number of hydrogen-bond acceptors (Lipinski definition) is 8. The van der Waals surface area contributed by atoms with Gasteiger partial charge in [-0.25, -0.2) is 0 Å². The molecular formula is C25H38O8. The predicted molar refractivity (Wildman–Crippen MR) is 116 cm³/mol. The van der Waals surface area contributed by atoms with E-state index in [1.807, 2.05) is 6.92 Å². The summed E-state index contributed by atoms with van der Waals surface area (Å²) in [6, 6.07) is 0. The molecule has 0 bridgehead atoms. The maximum Gasteiger partial charge on any atom is 0.309 e. The third kappa shape index (κ3) is 2.94. The van der Waals surface area contributed by atoms with E-state index >= 15 is 0 Å². The van der Waals surface area contributed by atoms with Crippen molar-refractivity contribution < 1.29 is 39.1 Å². The molecule has 4 aliphatic carbocycles. The van der Waals surface area contributed by atoms with E-state index < -0.39 is 51.9 Å². The normalized spacial score (nSPS) is 52.8. The van der Waals surface area contributed by atoms with Crippen LogP contribution in [0.2, 0.25) is 0 Å². The lowest BCUT2D eigenvalue weighted by Gasteiger charge is -2.70. The average molecular weight is 467 g/mol. The van der Waals surface area contributed by atoms with E-state index in [0.29, 0.717) is 25.7 Å². The van der Waals surface area contributed by atoms with Gasteiger partial charge in [0.15, 0.2) is 5.79 Å². The van der Waals surface area contributed by atoms with Crippen molar-refractivity contribution in [3.63, 3.8) is 0 Å². The third-order valence-corrected chi connectivity index (χ3v) is 10.1. The number of ether oxygens (including phenoxy) is 3. The molecule has 8 nitrogen and oxygen atoms in total. The number of carbonyl (C=O) groups is 2. The number of aliphatic hydroxyl groups excluding tert-OH is 1. The van der Waals surface area contributed by atoms with Crippen molar-refractivity contribution in [3.05, 3.63) is 0 Å². The maximum atomic E-state index is 12.8. The van der Waals surface area contributed by atoms with Crippen molar-refractivity contribution in [2.45, 2.75) is 102 Å². The summed E-state index contributed by atoms with van der Waals surface area (Å²) >= 11 is 0. The van der Waals surface area contributed by atoms with E-state index in [4.69, 9.17) is 14.2 Å². The molecule has 0 aromatic heterocycles. The minimum Gasteiger partial charge on any atom is -0.466 e. The second-order valence-corrected chi connectivity index (χ2v) is 11.9. The Labute approximate surface area is 195 Å². The van der Waals surface area contributed by atoms with Crippen LogP contribution in [-0.4, -0.2) is 69.5 Å². The van der Waals surface area contributed by atoms with Gasteiger partial charge >= 0.3 is 5.97 Å². The van der Waals surface area contributed by atoms with Gasteiger partial charge in [-0.3, -0.25) is 9.59 Å². The zero-order valence-corrected chi connectivity index (χ0v) is 20.1. The summed E-state index contributed by atoms with van der Waals surface area (Å²) in [5.74, 6) is -2.63. The highest BCUT2D eigenvalue weighted by molar-refractivity contribution is 5.82. The van der Waals surface area contributed by atoms with E-state index in [0.717, 1.165) is 0 Å². The number of aliphatic hydroxyl groups is 3. The molecule has 186 valence electrons. The molecule has 0 aromatic rings. The zero-order chi connectivity index (χ0) is 24.0. The highest BCUT2D eigenvalue weighted by Crippen LogP contribution is 2.70. The van der Waals surface area contributed by atoms with Gasteiger partial charge in [-0.15, -0.1) is 0 Å². The summed E-state index contributed by atoms with van der Waals surface area (Å²) in [6.45, 7) is 7.68. The molecule has 0 amide bonds. The van der Waals surface area contributed by atoms with Gasteiger partial charge in [0.2, 0.25) is 0 Å². The largest absolute Gasteiger partial charge is 0.466 e. The van der Waals surface area contributed by atoms with Crippen LogP contribution < -0.4 is 0 Å². The number of esters is 1. The summed E-state index contributed by atoms with van der Waals surface area (Å²) in [5.41, 5.74) is -4.39. The first-order valence-corrected chi connectivity index (χ1v) is 12.5. The molecule has 4 saturated carbocycles. The minimum atomic E-state index is -1.37. The van der Waals surface area contributed by atoms with Crippen LogP contribution in [0.5, 0.6) is 0 Å². The molecule has 5 aliphatic rings. The van der Waals surface area contributed by atoms with Crippen LogP contribution in [0.3, 0.4) is 0 Å².